The molecule has 0 fully saturated rings. The van der Waals surface area contributed by atoms with Crippen molar-refractivity contribution in [3.05, 3.63) is 60.4 Å². The number of ether oxygens (including phenoxy) is 2. The van der Waals surface area contributed by atoms with Gasteiger partial charge in [-0.1, -0.05) is 31.2 Å². The van der Waals surface area contributed by atoms with Crippen LogP contribution in [0.2, 0.25) is 0 Å². The van der Waals surface area contributed by atoms with E-state index in [4.69, 9.17) is 9.47 Å². The van der Waals surface area contributed by atoms with Crippen LogP contribution in [-0.4, -0.2) is 16.9 Å². The lowest BCUT2D eigenvalue weighted by atomic mass is 10.2. The summed E-state index contributed by atoms with van der Waals surface area (Å²) in [5, 5.41) is 0. The Morgan fingerprint density at radius 3 is 2.43 bits per heavy atom. The molecular formula is C16H15NO4. The number of hydrogen-bond donors (Lipinski definition) is 0. The molecule has 0 aliphatic heterocycles. The molecule has 108 valence electrons. The summed E-state index contributed by atoms with van der Waals surface area (Å²) in [4.78, 5) is 27.8. The van der Waals surface area contributed by atoms with Crippen LogP contribution in [0.15, 0.2) is 54.7 Å². The van der Waals surface area contributed by atoms with Gasteiger partial charge in [0.1, 0.15) is 5.75 Å². The topological polar surface area (TPSA) is 65.5 Å². The number of hydrogen-bond acceptors (Lipinski definition) is 5. The van der Waals surface area contributed by atoms with E-state index in [9.17, 15) is 9.59 Å². The summed E-state index contributed by atoms with van der Waals surface area (Å²) >= 11 is 0. The lowest BCUT2D eigenvalue weighted by Gasteiger charge is -2.15. The normalized spacial score (nSPS) is 11.5. The van der Waals surface area contributed by atoms with E-state index in [1.807, 2.05) is 6.07 Å². The maximum absolute atomic E-state index is 12.2. The third-order valence-corrected chi connectivity index (χ3v) is 2.67. The Morgan fingerprint density at radius 2 is 1.81 bits per heavy atom. The van der Waals surface area contributed by atoms with Crippen LogP contribution < -0.4 is 4.74 Å². The van der Waals surface area contributed by atoms with Crippen molar-refractivity contribution in [3.8, 4) is 5.75 Å². The van der Waals surface area contributed by atoms with Crippen molar-refractivity contribution in [3.63, 3.8) is 0 Å². The first-order chi connectivity index (χ1) is 10.2. The van der Waals surface area contributed by atoms with Crippen LogP contribution in [0.5, 0.6) is 5.75 Å². The molecule has 0 aliphatic carbocycles. The van der Waals surface area contributed by atoms with Gasteiger partial charge in [0.15, 0.2) is 0 Å². The number of para-hydroxylation sites is 1. The Labute approximate surface area is 122 Å². The molecule has 2 aromatic rings. The molecule has 0 bridgehead atoms. The maximum atomic E-state index is 12.2. The minimum Gasteiger partial charge on any atom is -0.444 e. The van der Waals surface area contributed by atoms with Crippen molar-refractivity contribution < 1.29 is 19.1 Å². The second-order valence-electron chi connectivity index (χ2n) is 4.21. The van der Waals surface area contributed by atoms with Crippen LogP contribution >= 0.6 is 0 Å². The largest absolute Gasteiger partial charge is 0.444 e. The first-order valence-electron chi connectivity index (χ1n) is 6.58. The predicted octanol–water partition coefficient (Wildman–Crippen LogP) is 2.68. The van der Waals surface area contributed by atoms with Crippen LogP contribution in [0.3, 0.4) is 0 Å². The lowest BCUT2D eigenvalue weighted by Crippen LogP contribution is -2.24. The molecule has 5 nitrogen and oxygen atoms in total. The fraction of sp³-hybridized carbons (Fsp3) is 0.188. The number of carbonyl (C=O) groups is 2. The maximum Gasteiger partial charge on any atom is 0.359 e. The third-order valence-electron chi connectivity index (χ3n) is 2.67. The van der Waals surface area contributed by atoms with Crippen molar-refractivity contribution in [2.75, 3.05) is 0 Å². The van der Waals surface area contributed by atoms with Crippen LogP contribution in [0.1, 0.15) is 25.1 Å². The fourth-order valence-electron chi connectivity index (χ4n) is 1.63. The molecule has 0 N–H and O–H groups in total. The van der Waals surface area contributed by atoms with Crippen molar-refractivity contribution in [2.24, 2.45) is 0 Å². The Hall–Kier alpha value is -2.69. The second-order valence-corrected chi connectivity index (χ2v) is 4.21. The Balaban J connectivity index is 2.18. The molecule has 0 spiro atoms. The molecular weight excluding hydrogens is 270 g/mol. The summed E-state index contributed by atoms with van der Waals surface area (Å²) in [5.41, 5.74) is 0.334. The van der Waals surface area contributed by atoms with Gasteiger partial charge in [0.25, 0.3) is 0 Å². The number of pyridine rings is 1. The van der Waals surface area contributed by atoms with Gasteiger partial charge in [-0.25, -0.2) is 4.79 Å². The van der Waals surface area contributed by atoms with Gasteiger partial charge in [-0.15, -0.1) is 0 Å². The molecule has 5 heteroatoms. The third kappa shape index (κ3) is 4.14. The first kappa shape index (κ1) is 14.7. The zero-order valence-electron chi connectivity index (χ0n) is 11.6. The second kappa shape index (κ2) is 7.19. The number of rotatable bonds is 5. The van der Waals surface area contributed by atoms with E-state index in [-0.39, 0.29) is 6.42 Å². The molecule has 1 atom stereocenters. The van der Waals surface area contributed by atoms with E-state index in [2.05, 4.69) is 4.98 Å². The summed E-state index contributed by atoms with van der Waals surface area (Å²) < 4.78 is 10.4. The number of aromatic nitrogens is 1. The number of benzene rings is 1. The molecule has 0 aliphatic rings. The molecule has 1 heterocycles. The van der Waals surface area contributed by atoms with Crippen molar-refractivity contribution >= 4 is 11.9 Å². The molecule has 0 saturated carbocycles. The van der Waals surface area contributed by atoms with E-state index < -0.39 is 18.0 Å². The Morgan fingerprint density at radius 1 is 1.10 bits per heavy atom. The van der Waals surface area contributed by atoms with E-state index in [0.717, 1.165) is 0 Å². The SMILES string of the molecule is CCC(=O)OC(C(=O)Oc1ccccc1)c1ccccn1. The van der Waals surface area contributed by atoms with Crippen LogP contribution in [0.25, 0.3) is 0 Å². The molecule has 0 radical (unpaired) electrons. The minimum absolute atomic E-state index is 0.169. The minimum atomic E-state index is -1.17. The molecule has 21 heavy (non-hydrogen) atoms. The van der Waals surface area contributed by atoms with E-state index in [1.54, 1.807) is 49.4 Å². The number of carbonyl (C=O) groups excluding carboxylic acids is 2. The van der Waals surface area contributed by atoms with Gasteiger partial charge >= 0.3 is 11.9 Å². The van der Waals surface area contributed by atoms with Crippen LogP contribution in [0.4, 0.5) is 0 Å². The lowest BCUT2D eigenvalue weighted by molar-refractivity contribution is -0.163. The average molecular weight is 285 g/mol. The Bertz CT molecular complexity index is 598. The highest BCUT2D eigenvalue weighted by molar-refractivity contribution is 5.81. The summed E-state index contributed by atoms with van der Waals surface area (Å²) in [6.07, 6.45) is 0.527. The van der Waals surface area contributed by atoms with Crippen molar-refractivity contribution in [1.82, 2.24) is 4.98 Å². The fourth-order valence-corrected chi connectivity index (χ4v) is 1.63. The van der Waals surface area contributed by atoms with Gasteiger partial charge in [0, 0.05) is 12.6 Å². The monoisotopic (exact) mass is 285 g/mol. The van der Waals surface area contributed by atoms with Crippen LogP contribution in [-0.2, 0) is 14.3 Å². The summed E-state index contributed by atoms with van der Waals surface area (Å²) in [7, 11) is 0. The standard InChI is InChI=1S/C16H15NO4/c1-2-14(18)21-15(13-10-6-7-11-17-13)16(19)20-12-8-4-3-5-9-12/h3-11,15H,2H2,1H3. The van der Waals surface area contributed by atoms with Gasteiger partial charge in [-0.05, 0) is 24.3 Å². The van der Waals surface area contributed by atoms with Crippen molar-refractivity contribution in [2.45, 2.75) is 19.4 Å². The molecule has 1 aromatic heterocycles. The van der Waals surface area contributed by atoms with Crippen LogP contribution in [0, 0.1) is 0 Å². The zero-order valence-corrected chi connectivity index (χ0v) is 11.6. The molecule has 0 amide bonds. The molecule has 1 aromatic carbocycles. The predicted molar refractivity (Wildman–Crippen MR) is 75.4 cm³/mol. The van der Waals surface area contributed by atoms with E-state index >= 15 is 0 Å². The van der Waals surface area contributed by atoms with Gasteiger partial charge in [-0.3, -0.25) is 9.78 Å². The average Bonchev–Trinajstić information content (AvgIpc) is 2.54. The summed E-state index contributed by atoms with van der Waals surface area (Å²) in [5.74, 6) is -0.784. The quantitative estimate of drug-likeness (QED) is 0.624. The van der Waals surface area contributed by atoms with E-state index in [0.29, 0.717) is 11.4 Å². The molecule has 1 unspecified atom stereocenters. The number of nitrogens with zero attached hydrogens (tertiary/aromatic N) is 1. The highest BCUT2D eigenvalue weighted by Gasteiger charge is 2.27. The highest BCUT2D eigenvalue weighted by atomic mass is 16.6. The molecule has 2 rings (SSSR count). The summed E-state index contributed by atoms with van der Waals surface area (Å²) in [6.45, 7) is 1.65. The number of esters is 2. The van der Waals surface area contributed by atoms with Gasteiger partial charge in [-0.2, -0.15) is 0 Å². The smallest absolute Gasteiger partial charge is 0.359 e. The van der Waals surface area contributed by atoms with Gasteiger partial charge in [0.2, 0.25) is 6.10 Å². The zero-order chi connectivity index (χ0) is 15.1. The van der Waals surface area contributed by atoms with Gasteiger partial charge < -0.3 is 9.47 Å². The van der Waals surface area contributed by atoms with E-state index in [1.165, 1.54) is 6.20 Å². The van der Waals surface area contributed by atoms with Crippen molar-refractivity contribution in [1.29, 1.82) is 0 Å². The first-order valence-corrected chi connectivity index (χ1v) is 6.58. The molecule has 0 saturated heterocycles. The van der Waals surface area contributed by atoms with Gasteiger partial charge in [0.05, 0.1) is 5.69 Å². The highest BCUT2D eigenvalue weighted by Crippen LogP contribution is 2.20. The Kier molecular flexibility index (Phi) is 5.04. The summed E-state index contributed by atoms with van der Waals surface area (Å²) in [6, 6.07) is 13.6.